The smallest absolute Gasteiger partial charge is 0.227 e. The maximum absolute atomic E-state index is 12.3. The van der Waals surface area contributed by atoms with Gasteiger partial charge in [0.25, 0.3) is 0 Å². The van der Waals surface area contributed by atoms with E-state index >= 15 is 0 Å². The molecule has 0 saturated carbocycles. The molecule has 1 aliphatic heterocycles. The van der Waals surface area contributed by atoms with Crippen molar-refractivity contribution in [2.24, 2.45) is 0 Å². The van der Waals surface area contributed by atoms with Crippen LogP contribution in [0.15, 0.2) is 54.7 Å². The molecule has 25 heavy (non-hydrogen) atoms. The second kappa shape index (κ2) is 7.54. The lowest BCUT2D eigenvalue weighted by atomic mass is 10.00. The molecule has 3 rings (SSSR count). The van der Waals surface area contributed by atoms with E-state index in [0.717, 1.165) is 24.2 Å². The lowest BCUT2D eigenvalue weighted by molar-refractivity contribution is -0.117. The number of hydrogen-bond donors (Lipinski definition) is 0. The van der Waals surface area contributed by atoms with E-state index in [0.29, 0.717) is 12.1 Å². The number of nitriles is 1. The first-order valence-corrected chi connectivity index (χ1v) is 8.12. The third kappa shape index (κ3) is 3.81. The number of nitrogens with zero attached hydrogens (tertiary/aromatic N) is 3. The molecule has 1 saturated heterocycles. The molecule has 0 aliphatic carbocycles. The third-order valence-electron chi connectivity index (χ3n) is 4.12. The van der Waals surface area contributed by atoms with Crippen molar-refractivity contribution in [2.45, 2.75) is 18.8 Å². The topological polar surface area (TPSA) is 74.1 Å². The molecule has 5 heteroatoms. The minimum Gasteiger partial charge on any atom is -0.312 e. The zero-order valence-corrected chi connectivity index (χ0v) is 13.6. The minimum absolute atomic E-state index is 0.144. The van der Waals surface area contributed by atoms with Crippen LogP contribution < -0.4 is 4.90 Å². The molecule has 0 N–H and O–H groups in total. The van der Waals surface area contributed by atoms with E-state index in [1.54, 1.807) is 35.4 Å². The second-order valence-electron chi connectivity index (χ2n) is 5.79. The highest BCUT2D eigenvalue weighted by atomic mass is 16.2. The molecule has 1 amide bonds. The van der Waals surface area contributed by atoms with Gasteiger partial charge in [-0.2, -0.15) is 5.26 Å². The van der Waals surface area contributed by atoms with Crippen molar-refractivity contribution in [1.82, 2.24) is 4.98 Å². The van der Waals surface area contributed by atoms with E-state index in [1.807, 2.05) is 30.3 Å². The second-order valence-corrected chi connectivity index (χ2v) is 5.79. The molecule has 0 radical (unpaired) electrons. The monoisotopic (exact) mass is 331 g/mol. The third-order valence-corrected chi connectivity index (χ3v) is 4.12. The number of pyridine rings is 1. The Kier molecular flexibility index (Phi) is 5.00. The first kappa shape index (κ1) is 16.6. The number of benzene rings is 1. The highest BCUT2D eigenvalue weighted by molar-refractivity contribution is 6.00. The molecule has 1 aliphatic rings. The average molecular weight is 331 g/mol. The number of ketones is 1. The van der Waals surface area contributed by atoms with Crippen molar-refractivity contribution in [3.05, 3.63) is 66.0 Å². The highest BCUT2D eigenvalue weighted by Gasteiger charge is 2.21. The van der Waals surface area contributed by atoms with E-state index in [9.17, 15) is 14.9 Å². The van der Waals surface area contributed by atoms with Crippen molar-refractivity contribution in [1.29, 1.82) is 5.26 Å². The van der Waals surface area contributed by atoms with Crippen LogP contribution in [0.1, 0.15) is 30.0 Å². The lowest BCUT2D eigenvalue weighted by Gasteiger charge is -2.15. The van der Waals surface area contributed by atoms with Crippen LogP contribution in [0.2, 0.25) is 0 Å². The average Bonchev–Trinajstić information content (AvgIpc) is 3.08. The number of allylic oxidation sites excluding steroid dienone is 1. The Balaban J connectivity index is 1.70. The number of hydrogen-bond acceptors (Lipinski definition) is 4. The number of amides is 1. The molecule has 1 aromatic heterocycles. The summed E-state index contributed by atoms with van der Waals surface area (Å²) in [6.45, 7) is 0.750. The fraction of sp³-hybridized carbons (Fsp3) is 0.200. The van der Waals surface area contributed by atoms with Gasteiger partial charge in [0.15, 0.2) is 11.7 Å². The molecule has 0 spiro atoms. The predicted molar refractivity (Wildman–Crippen MR) is 94.7 cm³/mol. The van der Waals surface area contributed by atoms with Crippen LogP contribution in [0.4, 0.5) is 5.69 Å². The molecule has 1 atom stereocenters. The van der Waals surface area contributed by atoms with Crippen molar-refractivity contribution < 1.29 is 9.59 Å². The van der Waals surface area contributed by atoms with Crippen LogP contribution in [0.5, 0.6) is 0 Å². The van der Waals surface area contributed by atoms with E-state index in [2.05, 4.69) is 4.98 Å². The van der Waals surface area contributed by atoms with Crippen LogP contribution >= 0.6 is 0 Å². The normalized spacial score (nSPS) is 15.3. The largest absolute Gasteiger partial charge is 0.312 e. The molecule has 2 heterocycles. The van der Waals surface area contributed by atoms with Gasteiger partial charge in [0, 0.05) is 24.8 Å². The van der Waals surface area contributed by atoms with Gasteiger partial charge in [-0.1, -0.05) is 24.3 Å². The molecule has 124 valence electrons. The SMILES string of the molecule is N#C[C@H](C(=O)/C=C/c1ccc(N2CCCC2=O)cc1)c1ccccn1. The zero-order chi connectivity index (χ0) is 17.6. The summed E-state index contributed by atoms with van der Waals surface area (Å²) >= 11 is 0. The fourth-order valence-corrected chi connectivity index (χ4v) is 2.78. The minimum atomic E-state index is -0.904. The zero-order valence-electron chi connectivity index (χ0n) is 13.6. The fourth-order valence-electron chi connectivity index (χ4n) is 2.78. The maximum atomic E-state index is 12.3. The van der Waals surface area contributed by atoms with Gasteiger partial charge in [0.1, 0.15) is 0 Å². The van der Waals surface area contributed by atoms with Crippen molar-refractivity contribution >= 4 is 23.5 Å². The van der Waals surface area contributed by atoms with Gasteiger partial charge in [0.2, 0.25) is 5.91 Å². The quantitative estimate of drug-likeness (QED) is 0.789. The number of rotatable bonds is 5. The predicted octanol–water partition coefficient (Wildman–Crippen LogP) is 3.10. The first-order chi connectivity index (χ1) is 12.2. The summed E-state index contributed by atoms with van der Waals surface area (Å²) in [5.74, 6) is -1.07. The summed E-state index contributed by atoms with van der Waals surface area (Å²) in [4.78, 5) is 29.9. The van der Waals surface area contributed by atoms with Crippen molar-refractivity contribution in [3.8, 4) is 6.07 Å². The molecular formula is C20H17N3O2. The summed E-state index contributed by atoms with van der Waals surface area (Å²) < 4.78 is 0. The van der Waals surface area contributed by atoms with Gasteiger partial charge in [0.05, 0.1) is 11.8 Å². The van der Waals surface area contributed by atoms with Crippen LogP contribution in [0.3, 0.4) is 0 Å². The Bertz CT molecular complexity index is 835. The molecule has 1 aromatic carbocycles. The molecule has 1 fully saturated rings. The Morgan fingerprint density at radius 2 is 2.04 bits per heavy atom. The molecule has 0 unspecified atom stereocenters. The maximum Gasteiger partial charge on any atom is 0.227 e. The summed E-state index contributed by atoms with van der Waals surface area (Å²) in [6.07, 6.45) is 6.12. The first-order valence-electron chi connectivity index (χ1n) is 8.12. The number of carbonyl (C=O) groups is 2. The Morgan fingerprint density at radius 3 is 2.64 bits per heavy atom. The van der Waals surface area contributed by atoms with Gasteiger partial charge >= 0.3 is 0 Å². The van der Waals surface area contributed by atoms with E-state index < -0.39 is 5.92 Å². The lowest BCUT2D eigenvalue weighted by Crippen LogP contribution is -2.23. The van der Waals surface area contributed by atoms with E-state index in [-0.39, 0.29) is 11.7 Å². The molecular weight excluding hydrogens is 314 g/mol. The van der Waals surface area contributed by atoms with Gasteiger partial charge in [-0.25, -0.2) is 0 Å². The Hall–Kier alpha value is -3.26. The van der Waals surface area contributed by atoms with Gasteiger partial charge in [-0.3, -0.25) is 14.6 Å². The number of carbonyl (C=O) groups excluding carboxylic acids is 2. The molecule has 0 bridgehead atoms. The summed E-state index contributed by atoms with van der Waals surface area (Å²) in [7, 11) is 0. The van der Waals surface area contributed by atoms with Crippen LogP contribution in [-0.2, 0) is 9.59 Å². The van der Waals surface area contributed by atoms with E-state index in [4.69, 9.17) is 0 Å². The van der Waals surface area contributed by atoms with Crippen molar-refractivity contribution in [2.75, 3.05) is 11.4 Å². The van der Waals surface area contributed by atoms with Crippen molar-refractivity contribution in [3.63, 3.8) is 0 Å². The van der Waals surface area contributed by atoms with Crippen LogP contribution in [0.25, 0.3) is 6.08 Å². The van der Waals surface area contributed by atoms with E-state index in [1.165, 1.54) is 6.08 Å². The van der Waals surface area contributed by atoms with Gasteiger partial charge in [-0.15, -0.1) is 0 Å². The Morgan fingerprint density at radius 1 is 1.24 bits per heavy atom. The molecule has 5 nitrogen and oxygen atoms in total. The summed E-state index contributed by atoms with van der Waals surface area (Å²) in [5.41, 5.74) is 2.15. The summed E-state index contributed by atoms with van der Waals surface area (Å²) in [6, 6.07) is 14.6. The Labute approximate surface area is 146 Å². The van der Waals surface area contributed by atoms with Gasteiger partial charge in [-0.05, 0) is 42.3 Å². The molecule has 2 aromatic rings. The number of anilines is 1. The summed E-state index contributed by atoms with van der Waals surface area (Å²) in [5, 5.41) is 9.25. The van der Waals surface area contributed by atoms with Crippen LogP contribution in [-0.4, -0.2) is 23.2 Å². The standard InChI is InChI=1S/C20H17N3O2/c21-14-17(18-4-1-2-12-22-18)19(24)11-8-15-6-9-16(10-7-15)23-13-3-5-20(23)25/h1-2,4,6-12,17H,3,5,13H2/b11-8+/t17-/m0/s1. The number of aromatic nitrogens is 1. The van der Waals surface area contributed by atoms with Crippen LogP contribution in [0, 0.1) is 11.3 Å². The van der Waals surface area contributed by atoms with Gasteiger partial charge < -0.3 is 4.90 Å². The highest BCUT2D eigenvalue weighted by Crippen LogP contribution is 2.22.